The molecule has 3 aromatic carbocycles. The quantitative estimate of drug-likeness (QED) is 0.335. The first-order chi connectivity index (χ1) is 18.6. The van der Waals surface area contributed by atoms with E-state index in [0.29, 0.717) is 5.56 Å². The number of methoxy groups -OCH3 is 1. The van der Waals surface area contributed by atoms with E-state index >= 15 is 0 Å². The fourth-order valence-corrected chi connectivity index (χ4v) is 5.10. The molecule has 1 aliphatic rings. The number of hydrogen-bond acceptors (Lipinski definition) is 8. The molecule has 3 N–H and O–H groups in total. The normalized spacial score (nSPS) is 14.6. The zero-order valence-corrected chi connectivity index (χ0v) is 21.1. The van der Waals surface area contributed by atoms with Crippen LogP contribution in [0.2, 0.25) is 0 Å². The van der Waals surface area contributed by atoms with Crippen molar-refractivity contribution in [1.29, 1.82) is 0 Å². The van der Waals surface area contributed by atoms with E-state index in [1.807, 2.05) is 77.6 Å². The van der Waals surface area contributed by atoms with Crippen molar-refractivity contribution in [1.82, 2.24) is 19.7 Å². The summed E-state index contributed by atoms with van der Waals surface area (Å²) >= 11 is 0. The van der Waals surface area contributed by atoms with Gasteiger partial charge in [-0.05, 0) is 35.4 Å². The Morgan fingerprint density at radius 1 is 0.868 bits per heavy atom. The molecule has 9 nitrogen and oxygen atoms in total. The van der Waals surface area contributed by atoms with Crippen LogP contribution in [0.15, 0.2) is 85.3 Å². The SMILES string of the molecule is COc1ccccc1N1CCN(c2ncnc3c2cnn3-c2ccccc2-c2cccc(C(N)O)c2)CC1. The second-order valence-electron chi connectivity index (χ2n) is 9.22. The average Bonchev–Trinajstić information content (AvgIpc) is 3.41. The highest BCUT2D eigenvalue weighted by atomic mass is 16.5. The number of rotatable bonds is 6. The van der Waals surface area contributed by atoms with E-state index in [2.05, 4.69) is 25.8 Å². The van der Waals surface area contributed by atoms with E-state index in [1.165, 1.54) is 0 Å². The van der Waals surface area contributed by atoms with Gasteiger partial charge in [-0.25, -0.2) is 14.6 Å². The number of piperazine rings is 1. The molecule has 0 amide bonds. The standard InChI is InChI=1S/C29H29N7O2/c1-38-26-12-5-4-11-25(26)34-13-15-35(16-14-34)28-23-18-33-36(29(23)32-19-31-28)24-10-3-2-9-22(24)20-7-6-8-21(17-20)27(30)37/h2-12,17-19,27,37H,13-16,30H2,1H3. The van der Waals surface area contributed by atoms with Crippen LogP contribution in [0.25, 0.3) is 27.8 Å². The first kappa shape index (κ1) is 23.9. The fourth-order valence-electron chi connectivity index (χ4n) is 5.10. The molecule has 6 rings (SSSR count). The van der Waals surface area contributed by atoms with Crippen molar-refractivity contribution >= 4 is 22.5 Å². The second-order valence-corrected chi connectivity index (χ2v) is 9.22. The first-order valence-corrected chi connectivity index (χ1v) is 12.6. The van der Waals surface area contributed by atoms with E-state index in [-0.39, 0.29) is 0 Å². The molecule has 192 valence electrons. The molecule has 9 heteroatoms. The molecule has 1 fully saturated rings. The van der Waals surface area contributed by atoms with Crippen molar-refractivity contribution in [3.8, 4) is 22.6 Å². The number of ether oxygens (including phenoxy) is 1. The minimum Gasteiger partial charge on any atom is -0.495 e. The molecule has 1 unspecified atom stereocenters. The number of aliphatic hydroxyl groups excluding tert-OH is 1. The number of anilines is 2. The summed E-state index contributed by atoms with van der Waals surface area (Å²) in [5, 5.41) is 15.5. The third kappa shape index (κ3) is 4.31. The molecule has 1 atom stereocenters. The van der Waals surface area contributed by atoms with E-state index < -0.39 is 6.23 Å². The summed E-state index contributed by atoms with van der Waals surface area (Å²) in [5.74, 6) is 1.77. The predicted octanol–water partition coefficient (Wildman–Crippen LogP) is 3.77. The summed E-state index contributed by atoms with van der Waals surface area (Å²) in [6.45, 7) is 3.35. The van der Waals surface area contributed by atoms with Gasteiger partial charge in [0.25, 0.3) is 0 Å². The highest BCUT2D eigenvalue weighted by Gasteiger charge is 2.23. The van der Waals surface area contributed by atoms with Gasteiger partial charge in [-0.2, -0.15) is 5.10 Å². The van der Waals surface area contributed by atoms with Gasteiger partial charge < -0.3 is 25.4 Å². The Morgan fingerprint density at radius 2 is 1.61 bits per heavy atom. The summed E-state index contributed by atoms with van der Waals surface area (Å²) in [7, 11) is 1.71. The van der Waals surface area contributed by atoms with E-state index in [9.17, 15) is 5.11 Å². The number of hydrogen-bond donors (Lipinski definition) is 2. The lowest BCUT2D eigenvalue weighted by Crippen LogP contribution is -2.47. The molecule has 0 saturated carbocycles. The van der Waals surface area contributed by atoms with Gasteiger partial charge in [-0.3, -0.25) is 0 Å². The van der Waals surface area contributed by atoms with Gasteiger partial charge in [-0.15, -0.1) is 0 Å². The minimum absolute atomic E-state index is 0.652. The number of fused-ring (bicyclic) bond motifs is 1. The number of aliphatic hydroxyl groups is 1. The molecule has 0 radical (unpaired) electrons. The predicted molar refractivity (Wildman–Crippen MR) is 149 cm³/mol. The van der Waals surface area contributed by atoms with Crippen LogP contribution in [0, 0.1) is 0 Å². The maximum Gasteiger partial charge on any atom is 0.168 e. The maximum absolute atomic E-state index is 9.88. The highest BCUT2D eigenvalue weighted by molar-refractivity contribution is 5.89. The zero-order valence-electron chi connectivity index (χ0n) is 21.1. The minimum atomic E-state index is -1.04. The van der Waals surface area contributed by atoms with E-state index in [4.69, 9.17) is 15.6 Å². The summed E-state index contributed by atoms with van der Waals surface area (Å²) in [4.78, 5) is 13.9. The largest absolute Gasteiger partial charge is 0.495 e. The summed E-state index contributed by atoms with van der Waals surface area (Å²) in [6, 6.07) is 23.7. The summed E-state index contributed by atoms with van der Waals surface area (Å²) in [6.07, 6.45) is 2.41. The Labute approximate surface area is 220 Å². The molecule has 5 aromatic rings. The third-order valence-electron chi connectivity index (χ3n) is 7.02. The van der Waals surface area contributed by atoms with Crippen molar-refractivity contribution in [2.75, 3.05) is 43.1 Å². The Bertz CT molecular complexity index is 1570. The van der Waals surface area contributed by atoms with Crippen molar-refractivity contribution in [2.45, 2.75) is 6.23 Å². The van der Waals surface area contributed by atoms with Gasteiger partial charge in [0.2, 0.25) is 0 Å². The second kappa shape index (κ2) is 10.1. The topological polar surface area (TPSA) is 106 Å². The van der Waals surface area contributed by atoms with Gasteiger partial charge in [0.05, 0.1) is 30.1 Å². The van der Waals surface area contributed by atoms with Gasteiger partial charge in [0, 0.05) is 31.7 Å². The van der Waals surface area contributed by atoms with Crippen molar-refractivity contribution < 1.29 is 9.84 Å². The van der Waals surface area contributed by atoms with Gasteiger partial charge in [0.15, 0.2) is 5.65 Å². The number of nitrogens with two attached hydrogens (primary N) is 1. The lowest BCUT2D eigenvalue weighted by molar-refractivity contribution is 0.186. The van der Waals surface area contributed by atoms with Crippen molar-refractivity contribution in [3.63, 3.8) is 0 Å². The fraction of sp³-hybridized carbons (Fsp3) is 0.207. The summed E-state index contributed by atoms with van der Waals surface area (Å²) < 4.78 is 7.42. The number of para-hydroxylation sites is 3. The Balaban J connectivity index is 1.32. The van der Waals surface area contributed by atoms with Crippen LogP contribution in [0.1, 0.15) is 11.8 Å². The Kier molecular flexibility index (Phi) is 6.36. The molecule has 1 saturated heterocycles. The van der Waals surface area contributed by atoms with Crippen molar-refractivity contribution in [3.05, 3.63) is 90.9 Å². The number of benzene rings is 3. The molecular weight excluding hydrogens is 478 g/mol. The van der Waals surface area contributed by atoms with Crippen LogP contribution < -0.4 is 20.3 Å². The first-order valence-electron chi connectivity index (χ1n) is 12.6. The molecule has 2 aromatic heterocycles. The third-order valence-corrected chi connectivity index (χ3v) is 7.02. The van der Waals surface area contributed by atoms with Crippen LogP contribution in [0.3, 0.4) is 0 Å². The molecule has 0 spiro atoms. The van der Waals surface area contributed by atoms with Crippen LogP contribution in [0.5, 0.6) is 5.75 Å². The van der Waals surface area contributed by atoms with Crippen LogP contribution in [-0.2, 0) is 0 Å². The van der Waals surface area contributed by atoms with Crippen LogP contribution in [-0.4, -0.2) is 58.1 Å². The lowest BCUT2D eigenvalue weighted by Gasteiger charge is -2.37. The highest BCUT2D eigenvalue weighted by Crippen LogP contribution is 2.33. The van der Waals surface area contributed by atoms with E-state index in [1.54, 1.807) is 13.4 Å². The Morgan fingerprint density at radius 3 is 2.39 bits per heavy atom. The molecule has 3 heterocycles. The number of nitrogens with zero attached hydrogens (tertiary/aromatic N) is 6. The summed E-state index contributed by atoms with van der Waals surface area (Å²) in [5.41, 5.74) is 11.0. The Hall–Kier alpha value is -4.47. The number of aromatic nitrogens is 4. The van der Waals surface area contributed by atoms with E-state index in [0.717, 1.165) is 71.3 Å². The lowest BCUT2D eigenvalue weighted by atomic mass is 10.0. The zero-order chi connectivity index (χ0) is 26.1. The molecule has 1 aliphatic heterocycles. The maximum atomic E-state index is 9.88. The van der Waals surface area contributed by atoms with Crippen molar-refractivity contribution in [2.24, 2.45) is 5.73 Å². The average molecular weight is 508 g/mol. The van der Waals surface area contributed by atoms with Crippen LogP contribution >= 0.6 is 0 Å². The molecule has 38 heavy (non-hydrogen) atoms. The monoisotopic (exact) mass is 507 g/mol. The smallest absolute Gasteiger partial charge is 0.168 e. The van der Waals surface area contributed by atoms with Gasteiger partial charge in [0.1, 0.15) is 24.1 Å². The van der Waals surface area contributed by atoms with Gasteiger partial charge in [-0.1, -0.05) is 48.5 Å². The molecule has 0 bridgehead atoms. The van der Waals surface area contributed by atoms with Gasteiger partial charge >= 0.3 is 0 Å². The molecular formula is C29H29N7O2. The van der Waals surface area contributed by atoms with Crippen LogP contribution in [0.4, 0.5) is 11.5 Å². The molecule has 0 aliphatic carbocycles.